The maximum Gasteiger partial charge on any atom is 0.274 e. The first-order valence-electron chi connectivity index (χ1n) is 10.3. The highest BCUT2D eigenvalue weighted by atomic mass is 19.1. The number of aromatic nitrogens is 5. The van der Waals surface area contributed by atoms with Crippen molar-refractivity contribution in [3.63, 3.8) is 0 Å². The average molecular weight is 425 g/mol. The number of phenols is 1. The van der Waals surface area contributed by atoms with Gasteiger partial charge >= 0.3 is 0 Å². The molecule has 0 aliphatic carbocycles. The van der Waals surface area contributed by atoms with Crippen LogP contribution in [0.5, 0.6) is 5.75 Å². The maximum absolute atomic E-state index is 15.2. The van der Waals surface area contributed by atoms with Crippen LogP contribution in [0.2, 0.25) is 0 Å². The maximum atomic E-state index is 15.2. The van der Waals surface area contributed by atoms with Gasteiger partial charge in [-0.2, -0.15) is 5.10 Å². The standard InChI is InChI=1S/C21H24FN7O2/c1-21-5-4-12(25-21)7-15(18(21)22)28(2)17-10-23-19(27-26-17)14-6-11-9-24-29(3)20(31)13(11)8-16(14)30/h6,8-10,12,15,18,25,30H,4-5,7H2,1-3H3/t12?,15-,18-,21+/m0/s1. The van der Waals surface area contributed by atoms with Crippen LogP contribution in [-0.4, -0.2) is 60.9 Å². The van der Waals surface area contributed by atoms with E-state index >= 15 is 4.39 Å². The predicted molar refractivity (Wildman–Crippen MR) is 114 cm³/mol. The third-order valence-corrected chi connectivity index (χ3v) is 6.73. The smallest absolute Gasteiger partial charge is 0.274 e. The topological polar surface area (TPSA) is 109 Å². The van der Waals surface area contributed by atoms with Gasteiger partial charge in [-0.3, -0.25) is 4.79 Å². The number of hydrogen-bond acceptors (Lipinski definition) is 8. The molecule has 2 fully saturated rings. The number of anilines is 1. The van der Waals surface area contributed by atoms with Gasteiger partial charge < -0.3 is 15.3 Å². The van der Waals surface area contributed by atoms with E-state index in [1.807, 2.05) is 14.0 Å². The molecule has 2 bridgehead atoms. The SMILES string of the molecule is CN(c1cnc(-c2cc3cnn(C)c(=O)c3cc2O)nn1)[C@H]1CC2CC[C@@](C)(N2)[C@H]1F. The highest BCUT2D eigenvalue weighted by Gasteiger charge is 2.51. The summed E-state index contributed by atoms with van der Waals surface area (Å²) in [5, 5.41) is 27.2. The molecule has 3 aromatic rings. The van der Waals surface area contributed by atoms with Crippen LogP contribution in [0.3, 0.4) is 0 Å². The fourth-order valence-corrected chi connectivity index (χ4v) is 4.84. The zero-order valence-electron chi connectivity index (χ0n) is 17.6. The Morgan fingerprint density at radius 1 is 1.32 bits per heavy atom. The number of aryl methyl sites for hydroxylation is 1. The number of fused-ring (bicyclic) bond motifs is 3. The summed E-state index contributed by atoms with van der Waals surface area (Å²) in [5.74, 6) is 0.564. The third kappa shape index (κ3) is 3.13. The zero-order chi connectivity index (χ0) is 21.9. The molecule has 4 heterocycles. The van der Waals surface area contributed by atoms with Gasteiger partial charge in [-0.1, -0.05) is 0 Å². The van der Waals surface area contributed by atoms with Crippen molar-refractivity contribution in [1.82, 2.24) is 30.3 Å². The number of benzene rings is 1. The van der Waals surface area contributed by atoms with Crippen molar-refractivity contribution in [3.05, 3.63) is 34.9 Å². The molecule has 0 saturated carbocycles. The Kier molecular flexibility index (Phi) is 4.44. The minimum atomic E-state index is -1.03. The lowest BCUT2D eigenvalue weighted by atomic mass is 9.86. The lowest BCUT2D eigenvalue weighted by Crippen LogP contribution is -2.62. The number of halogens is 1. The van der Waals surface area contributed by atoms with Crippen molar-refractivity contribution in [2.24, 2.45) is 7.05 Å². The molecule has 2 aromatic heterocycles. The van der Waals surface area contributed by atoms with Gasteiger partial charge in [0.05, 0.1) is 29.4 Å². The fourth-order valence-electron chi connectivity index (χ4n) is 4.84. The van der Waals surface area contributed by atoms with Crippen LogP contribution in [0.25, 0.3) is 22.2 Å². The Bertz CT molecular complexity index is 1210. The van der Waals surface area contributed by atoms with Crippen molar-refractivity contribution in [3.8, 4) is 17.1 Å². The van der Waals surface area contributed by atoms with Crippen LogP contribution in [0.4, 0.5) is 10.2 Å². The summed E-state index contributed by atoms with van der Waals surface area (Å²) < 4.78 is 16.4. The second-order valence-corrected chi connectivity index (χ2v) is 8.78. The Labute approximate surface area is 177 Å². The summed E-state index contributed by atoms with van der Waals surface area (Å²) in [4.78, 5) is 18.4. The molecule has 9 nitrogen and oxygen atoms in total. The van der Waals surface area contributed by atoms with Gasteiger partial charge in [0.2, 0.25) is 0 Å². The minimum Gasteiger partial charge on any atom is -0.507 e. The van der Waals surface area contributed by atoms with Crippen LogP contribution >= 0.6 is 0 Å². The lowest BCUT2D eigenvalue weighted by Gasteiger charge is -2.43. The molecule has 2 N–H and O–H groups in total. The van der Waals surface area contributed by atoms with Gasteiger partial charge in [0.1, 0.15) is 11.9 Å². The first-order valence-corrected chi connectivity index (χ1v) is 10.3. The molecular formula is C21H24FN7O2. The Morgan fingerprint density at radius 3 is 2.87 bits per heavy atom. The number of rotatable bonds is 3. The summed E-state index contributed by atoms with van der Waals surface area (Å²) in [6.07, 6.45) is 4.55. The molecule has 162 valence electrons. The number of phenolic OH excluding ortho intramolecular Hbond substituents is 1. The van der Waals surface area contributed by atoms with Gasteiger partial charge in [-0.05, 0) is 38.3 Å². The average Bonchev–Trinajstić information content (AvgIpc) is 3.10. The first-order chi connectivity index (χ1) is 14.8. The normalized spacial score (nSPS) is 27.5. The summed E-state index contributed by atoms with van der Waals surface area (Å²) in [6.45, 7) is 1.94. The summed E-state index contributed by atoms with van der Waals surface area (Å²) in [6, 6.07) is 3.00. The summed E-state index contributed by atoms with van der Waals surface area (Å²) >= 11 is 0. The van der Waals surface area contributed by atoms with Crippen LogP contribution in [-0.2, 0) is 7.05 Å². The van der Waals surface area contributed by atoms with E-state index in [0.717, 1.165) is 12.8 Å². The van der Waals surface area contributed by atoms with E-state index in [1.165, 1.54) is 16.9 Å². The number of piperidine rings is 1. The Hall–Kier alpha value is -3.14. The quantitative estimate of drug-likeness (QED) is 0.651. The van der Waals surface area contributed by atoms with E-state index in [1.54, 1.807) is 24.2 Å². The number of aromatic hydroxyl groups is 1. The largest absolute Gasteiger partial charge is 0.507 e. The van der Waals surface area contributed by atoms with Crippen LogP contribution in [0.15, 0.2) is 29.3 Å². The van der Waals surface area contributed by atoms with Crippen molar-refractivity contribution in [2.75, 3.05) is 11.9 Å². The summed E-state index contributed by atoms with van der Waals surface area (Å²) in [7, 11) is 3.36. The molecule has 2 saturated heterocycles. The van der Waals surface area contributed by atoms with E-state index in [4.69, 9.17) is 0 Å². The molecule has 0 amide bonds. The lowest BCUT2D eigenvalue weighted by molar-refractivity contribution is 0.111. The second kappa shape index (κ2) is 6.94. The molecule has 4 atom stereocenters. The van der Waals surface area contributed by atoms with Gasteiger partial charge in [-0.25, -0.2) is 14.1 Å². The zero-order valence-corrected chi connectivity index (χ0v) is 17.6. The van der Waals surface area contributed by atoms with E-state index in [9.17, 15) is 9.90 Å². The van der Waals surface area contributed by atoms with E-state index in [2.05, 4.69) is 25.6 Å². The molecule has 10 heteroatoms. The Balaban J connectivity index is 1.45. The van der Waals surface area contributed by atoms with E-state index < -0.39 is 11.7 Å². The molecule has 2 aliphatic rings. The van der Waals surface area contributed by atoms with Crippen LogP contribution in [0, 0.1) is 0 Å². The summed E-state index contributed by atoms with van der Waals surface area (Å²) in [5.41, 5.74) is -0.467. The minimum absolute atomic E-state index is 0.120. The van der Waals surface area contributed by atoms with E-state index in [-0.39, 0.29) is 23.2 Å². The van der Waals surface area contributed by atoms with Gasteiger partial charge in [0.25, 0.3) is 5.56 Å². The molecule has 1 aromatic carbocycles. The highest BCUT2D eigenvalue weighted by molar-refractivity contribution is 5.88. The van der Waals surface area contributed by atoms with Gasteiger partial charge in [0, 0.05) is 31.1 Å². The van der Waals surface area contributed by atoms with Gasteiger partial charge in [-0.15, -0.1) is 10.2 Å². The van der Waals surface area contributed by atoms with Crippen molar-refractivity contribution >= 4 is 16.6 Å². The van der Waals surface area contributed by atoms with Crippen LogP contribution < -0.4 is 15.8 Å². The van der Waals surface area contributed by atoms with Crippen molar-refractivity contribution < 1.29 is 9.50 Å². The molecular weight excluding hydrogens is 401 g/mol. The fraction of sp³-hybridized carbons (Fsp3) is 0.476. The highest BCUT2D eigenvalue weighted by Crippen LogP contribution is 2.40. The number of alkyl halides is 1. The monoisotopic (exact) mass is 425 g/mol. The van der Waals surface area contributed by atoms with Crippen LogP contribution in [0.1, 0.15) is 26.2 Å². The first kappa shape index (κ1) is 19.8. The van der Waals surface area contributed by atoms with E-state index in [0.29, 0.717) is 34.6 Å². The second-order valence-electron chi connectivity index (χ2n) is 8.78. The molecule has 0 spiro atoms. The molecule has 1 unspecified atom stereocenters. The molecule has 2 aliphatic heterocycles. The number of nitrogens with zero attached hydrogens (tertiary/aromatic N) is 6. The number of hydrogen-bond donors (Lipinski definition) is 2. The predicted octanol–water partition coefficient (Wildman–Crippen LogP) is 1.55. The molecule has 31 heavy (non-hydrogen) atoms. The Morgan fingerprint density at radius 2 is 2.13 bits per heavy atom. The number of nitrogens with one attached hydrogen (secondary N) is 1. The van der Waals surface area contributed by atoms with Gasteiger partial charge in [0.15, 0.2) is 11.6 Å². The molecule has 0 radical (unpaired) electrons. The van der Waals surface area contributed by atoms with Crippen molar-refractivity contribution in [1.29, 1.82) is 0 Å². The third-order valence-electron chi connectivity index (χ3n) is 6.73. The van der Waals surface area contributed by atoms with Crippen molar-refractivity contribution in [2.45, 2.75) is 50.0 Å². The molecule has 5 rings (SSSR count).